The molecule has 3 heteroatoms. The number of carbonyl (C=O) groups excluding carboxylic acids is 1. The number of benzene rings is 1. The molecule has 0 saturated heterocycles. The molecule has 0 aliphatic carbocycles. The van der Waals surface area contributed by atoms with Crippen molar-refractivity contribution in [1.82, 2.24) is 0 Å². The second kappa shape index (κ2) is 8.43. The van der Waals surface area contributed by atoms with Crippen LogP contribution in [-0.4, -0.2) is 17.8 Å². The lowest BCUT2D eigenvalue weighted by Gasteiger charge is -2.20. The first-order chi connectivity index (χ1) is 9.84. The van der Waals surface area contributed by atoms with E-state index in [1.54, 1.807) is 0 Å². The van der Waals surface area contributed by atoms with Crippen LogP contribution in [0.4, 0.5) is 0 Å². The molecule has 0 N–H and O–H groups in total. The third-order valence-corrected chi connectivity index (χ3v) is 3.73. The number of carbonyl (C=O) groups is 1. The molecule has 1 rings (SSSR count). The molecule has 1 unspecified atom stereocenters. The van der Waals surface area contributed by atoms with Crippen LogP contribution in [0.25, 0.3) is 0 Å². The first-order valence-corrected chi connectivity index (χ1v) is 8.18. The van der Waals surface area contributed by atoms with Gasteiger partial charge in [-0.3, -0.25) is 4.79 Å². The fraction of sp³-hybridized carbons (Fsp3) is 0.611. The Morgan fingerprint density at radius 1 is 1.19 bits per heavy atom. The van der Waals surface area contributed by atoms with Crippen molar-refractivity contribution in [3.05, 3.63) is 29.8 Å². The number of Topliss-reactive ketones (excluding diaryl/α,β-unsaturated/α-hetero) is 1. The van der Waals surface area contributed by atoms with E-state index >= 15 is 0 Å². The van der Waals surface area contributed by atoms with Crippen LogP contribution < -0.4 is 4.74 Å². The van der Waals surface area contributed by atoms with Gasteiger partial charge in [0, 0.05) is 5.41 Å². The van der Waals surface area contributed by atoms with Gasteiger partial charge in [-0.05, 0) is 30.5 Å². The summed E-state index contributed by atoms with van der Waals surface area (Å²) in [7, 11) is 0. The Bertz CT molecular complexity index is 432. The van der Waals surface area contributed by atoms with Crippen LogP contribution in [0.1, 0.15) is 52.5 Å². The van der Waals surface area contributed by atoms with Gasteiger partial charge in [0.05, 0.1) is 12.0 Å². The zero-order valence-corrected chi connectivity index (χ0v) is 14.4. The summed E-state index contributed by atoms with van der Waals surface area (Å²) in [6.45, 7) is 8.64. The Balaban J connectivity index is 2.49. The fourth-order valence-corrected chi connectivity index (χ4v) is 2.54. The van der Waals surface area contributed by atoms with Gasteiger partial charge < -0.3 is 4.74 Å². The lowest BCUT2D eigenvalue weighted by atomic mass is 9.87. The number of hydrogen-bond acceptors (Lipinski definition) is 2. The van der Waals surface area contributed by atoms with E-state index < -0.39 is 10.8 Å². The summed E-state index contributed by atoms with van der Waals surface area (Å²) in [6.07, 6.45) is 4.04. The molecule has 0 amide bonds. The lowest BCUT2D eigenvalue weighted by Crippen LogP contribution is -2.30. The number of halogens is 1. The molecule has 0 aromatic heterocycles. The Hall–Kier alpha value is -1.02. The van der Waals surface area contributed by atoms with Gasteiger partial charge in [-0.15, -0.1) is 11.6 Å². The molecule has 0 radical (unpaired) electrons. The van der Waals surface area contributed by atoms with Gasteiger partial charge in [0.1, 0.15) is 5.75 Å². The predicted molar refractivity (Wildman–Crippen MR) is 89.3 cm³/mol. The minimum Gasteiger partial charge on any atom is -0.494 e. The summed E-state index contributed by atoms with van der Waals surface area (Å²) in [6, 6.07) is 7.87. The molecule has 0 fully saturated rings. The monoisotopic (exact) mass is 310 g/mol. The van der Waals surface area contributed by atoms with Crippen LogP contribution in [0.15, 0.2) is 24.3 Å². The molecule has 0 saturated carbocycles. The molecular formula is C18H27ClO2. The van der Waals surface area contributed by atoms with Crippen molar-refractivity contribution in [2.24, 2.45) is 5.41 Å². The zero-order valence-electron chi connectivity index (χ0n) is 13.6. The van der Waals surface area contributed by atoms with Gasteiger partial charge in [-0.1, -0.05) is 52.7 Å². The summed E-state index contributed by atoms with van der Waals surface area (Å²) in [4.78, 5) is 12.1. The van der Waals surface area contributed by atoms with Crippen molar-refractivity contribution < 1.29 is 9.53 Å². The predicted octanol–water partition coefficient (Wildman–Crippen LogP) is 5.02. The lowest BCUT2D eigenvalue weighted by molar-refractivity contribution is -0.125. The average Bonchev–Trinajstić information content (AvgIpc) is 2.43. The standard InChI is InChI=1S/C18H27ClO2/c1-5-6-7-12-21-15-10-8-14(9-11-15)13-16(19)17(20)18(2,3)4/h8-11,16H,5-7,12-13H2,1-4H3. The van der Waals surface area contributed by atoms with Crippen LogP contribution in [0.3, 0.4) is 0 Å². The number of alkyl halides is 1. The maximum atomic E-state index is 12.1. The van der Waals surface area contributed by atoms with Crippen molar-refractivity contribution in [1.29, 1.82) is 0 Å². The summed E-state index contributed by atoms with van der Waals surface area (Å²) >= 11 is 6.23. The van der Waals surface area contributed by atoms with Gasteiger partial charge >= 0.3 is 0 Å². The summed E-state index contributed by atoms with van der Waals surface area (Å²) in [5.74, 6) is 0.965. The number of rotatable bonds is 8. The quantitative estimate of drug-likeness (QED) is 0.498. The van der Waals surface area contributed by atoms with Crippen molar-refractivity contribution in [2.75, 3.05) is 6.61 Å². The average molecular weight is 311 g/mol. The van der Waals surface area contributed by atoms with Crippen molar-refractivity contribution in [3.63, 3.8) is 0 Å². The van der Waals surface area contributed by atoms with Crippen molar-refractivity contribution in [2.45, 2.75) is 58.8 Å². The second-order valence-corrected chi connectivity index (χ2v) is 7.01. The molecule has 1 atom stereocenters. The number of unbranched alkanes of at least 4 members (excludes halogenated alkanes) is 2. The number of hydrogen-bond donors (Lipinski definition) is 0. The maximum absolute atomic E-state index is 12.1. The van der Waals surface area contributed by atoms with Crippen molar-refractivity contribution >= 4 is 17.4 Å². The van der Waals surface area contributed by atoms with Gasteiger partial charge in [-0.25, -0.2) is 0 Å². The molecule has 21 heavy (non-hydrogen) atoms. The van der Waals surface area contributed by atoms with E-state index in [1.807, 2.05) is 45.0 Å². The molecule has 1 aromatic rings. The zero-order chi connectivity index (χ0) is 15.9. The summed E-state index contributed by atoms with van der Waals surface area (Å²) in [5, 5.41) is -0.471. The molecular weight excluding hydrogens is 284 g/mol. The first-order valence-electron chi connectivity index (χ1n) is 7.74. The van der Waals surface area contributed by atoms with E-state index in [0.29, 0.717) is 6.42 Å². The van der Waals surface area contributed by atoms with Crippen LogP contribution in [-0.2, 0) is 11.2 Å². The fourth-order valence-electron chi connectivity index (χ4n) is 2.03. The van der Waals surface area contributed by atoms with Gasteiger partial charge in [0.2, 0.25) is 0 Å². The third-order valence-electron chi connectivity index (χ3n) is 3.38. The van der Waals surface area contributed by atoms with Gasteiger partial charge in [0.15, 0.2) is 5.78 Å². The SMILES string of the molecule is CCCCCOc1ccc(CC(Cl)C(=O)C(C)(C)C)cc1. The molecule has 0 spiro atoms. The van der Waals surface area contributed by atoms with Crippen molar-refractivity contribution in [3.8, 4) is 5.75 Å². The molecule has 0 bridgehead atoms. The van der Waals surface area contributed by atoms with E-state index in [-0.39, 0.29) is 5.78 Å². The van der Waals surface area contributed by atoms with Crippen LogP contribution in [0.2, 0.25) is 0 Å². The van der Waals surface area contributed by atoms with E-state index in [1.165, 1.54) is 12.8 Å². The Labute approximate surface area is 133 Å². The number of ketones is 1. The second-order valence-electron chi connectivity index (χ2n) is 6.49. The topological polar surface area (TPSA) is 26.3 Å². The molecule has 0 aliphatic heterocycles. The van der Waals surface area contributed by atoms with E-state index in [9.17, 15) is 4.79 Å². The Kier molecular flexibility index (Phi) is 7.24. The van der Waals surface area contributed by atoms with Crippen LogP contribution in [0, 0.1) is 5.41 Å². The summed E-state index contributed by atoms with van der Waals surface area (Å²) < 4.78 is 5.67. The smallest absolute Gasteiger partial charge is 0.156 e. The third kappa shape index (κ3) is 6.52. The molecule has 0 aliphatic rings. The molecule has 2 nitrogen and oxygen atoms in total. The highest BCUT2D eigenvalue weighted by Crippen LogP contribution is 2.23. The minimum absolute atomic E-state index is 0.0871. The van der Waals surface area contributed by atoms with Gasteiger partial charge in [0.25, 0.3) is 0 Å². The van der Waals surface area contributed by atoms with Crippen LogP contribution >= 0.6 is 11.6 Å². The summed E-state index contributed by atoms with van der Waals surface area (Å²) in [5.41, 5.74) is 0.669. The largest absolute Gasteiger partial charge is 0.494 e. The van der Waals surface area contributed by atoms with E-state index in [4.69, 9.17) is 16.3 Å². The van der Waals surface area contributed by atoms with E-state index in [2.05, 4.69) is 6.92 Å². The maximum Gasteiger partial charge on any atom is 0.156 e. The Morgan fingerprint density at radius 3 is 2.33 bits per heavy atom. The highest BCUT2D eigenvalue weighted by atomic mass is 35.5. The van der Waals surface area contributed by atoms with Gasteiger partial charge in [-0.2, -0.15) is 0 Å². The van der Waals surface area contributed by atoms with E-state index in [0.717, 1.165) is 24.3 Å². The Morgan fingerprint density at radius 2 is 1.81 bits per heavy atom. The normalized spacial score (nSPS) is 13.0. The highest BCUT2D eigenvalue weighted by Gasteiger charge is 2.28. The number of ether oxygens (including phenoxy) is 1. The molecule has 0 heterocycles. The minimum atomic E-state index is -0.471. The first kappa shape index (κ1) is 18.0. The van der Waals surface area contributed by atoms with Crippen LogP contribution in [0.5, 0.6) is 5.75 Å². The molecule has 118 valence electrons. The molecule has 1 aromatic carbocycles. The highest BCUT2D eigenvalue weighted by molar-refractivity contribution is 6.31.